The van der Waals surface area contributed by atoms with Gasteiger partial charge in [0.1, 0.15) is 23.9 Å². The van der Waals surface area contributed by atoms with Crippen LogP contribution in [-0.4, -0.2) is 64.4 Å². The second kappa shape index (κ2) is 16.1. The first kappa shape index (κ1) is 33.6. The van der Waals surface area contributed by atoms with E-state index >= 15 is 0 Å². The average molecular weight is 631 g/mol. The quantitative estimate of drug-likeness (QED) is 0.150. The van der Waals surface area contributed by atoms with Crippen LogP contribution in [-0.2, 0) is 38.4 Å². The maximum atomic E-state index is 13.7. The fourth-order valence-corrected chi connectivity index (χ4v) is 5.14. The van der Waals surface area contributed by atoms with Gasteiger partial charge in [-0.3, -0.25) is 29.3 Å². The first-order chi connectivity index (χ1) is 22.1. The highest BCUT2D eigenvalue weighted by atomic mass is 16.6. The standard InChI is InChI=1S/C33H38N6O7/c34-26(18-22-11-15-25(40)16-12-22)30(41)36-27-8-4-5-17-35-31(42)28(20-23-9-13-24(14-10-23)39(45)46)37-33(44)29(38-32(27)43)19-21-6-2-1-3-7-21/h1-3,6-7,9-16,26-29,40H,4-5,8,17-20,34H2,(H,35,42)(H,36,41)(H,37,44)(H,38,43)/t26-,27+,28-,29-/m0/s1. The smallest absolute Gasteiger partial charge is 0.269 e. The van der Waals surface area contributed by atoms with E-state index in [1.807, 2.05) is 18.2 Å². The van der Waals surface area contributed by atoms with Crippen LogP contribution in [0, 0.1) is 10.1 Å². The topological polar surface area (TPSA) is 206 Å². The zero-order chi connectivity index (χ0) is 33.1. The van der Waals surface area contributed by atoms with E-state index in [0.29, 0.717) is 18.4 Å². The molecule has 0 radical (unpaired) electrons. The van der Waals surface area contributed by atoms with Gasteiger partial charge in [-0.2, -0.15) is 0 Å². The number of nitro groups is 1. The minimum atomic E-state index is -1.09. The predicted molar refractivity (Wildman–Crippen MR) is 169 cm³/mol. The first-order valence-corrected chi connectivity index (χ1v) is 15.1. The molecular weight excluding hydrogens is 592 g/mol. The van der Waals surface area contributed by atoms with Crippen molar-refractivity contribution < 1.29 is 29.2 Å². The summed E-state index contributed by atoms with van der Waals surface area (Å²) in [6.45, 7) is 0.265. The Morgan fingerprint density at radius 3 is 2.09 bits per heavy atom. The van der Waals surface area contributed by atoms with E-state index in [1.54, 1.807) is 24.3 Å². The van der Waals surface area contributed by atoms with Crippen LogP contribution in [0.15, 0.2) is 78.9 Å². The third-order valence-electron chi connectivity index (χ3n) is 7.72. The van der Waals surface area contributed by atoms with Crippen LogP contribution in [0.5, 0.6) is 5.75 Å². The summed E-state index contributed by atoms with van der Waals surface area (Å²) in [5, 5.41) is 31.7. The van der Waals surface area contributed by atoms with Gasteiger partial charge >= 0.3 is 0 Å². The molecule has 1 fully saturated rings. The highest BCUT2D eigenvalue weighted by Gasteiger charge is 2.31. The lowest BCUT2D eigenvalue weighted by Crippen LogP contribution is -2.58. The summed E-state index contributed by atoms with van der Waals surface area (Å²) in [6, 6.07) is 17.0. The molecule has 4 amide bonds. The van der Waals surface area contributed by atoms with Crippen molar-refractivity contribution in [3.05, 3.63) is 106 Å². The van der Waals surface area contributed by atoms with Crippen LogP contribution in [0.2, 0.25) is 0 Å². The fourth-order valence-electron chi connectivity index (χ4n) is 5.14. The van der Waals surface area contributed by atoms with E-state index in [0.717, 1.165) is 11.1 Å². The Hall–Kier alpha value is -5.30. The van der Waals surface area contributed by atoms with Gasteiger partial charge in [0.2, 0.25) is 23.6 Å². The molecule has 4 rings (SSSR count). The number of carbonyl (C=O) groups excluding carboxylic acids is 4. The Bertz CT molecular complexity index is 1520. The number of benzene rings is 3. The average Bonchev–Trinajstić information content (AvgIpc) is 3.05. The van der Waals surface area contributed by atoms with Crippen molar-refractivity contribution in [3.63, 3.8) is 0 Å². The number of rotatable bonds is 9. The molecule has 0 unspecified atom stereocenters. The Kier molecular flexibility index (Phi) is 11.8. The molecule has 4 atom stereocenters. The van der Waals surface area contributed by atoms with Crippen molar-refractivity contribution in [1.82, 2.24) is 21.3 Å². The normalized spacial score (nSPS) is 20.0. The van der Waals surface area contributed by atoms with E-state index in [2.05, 4.69) is 21.3 Å². The van der Waals surface area contributed by atoms with Crippen molar-refractivity contribution in [3.8, 4) is 5.75 Å². The van der Waals surface area contributed by atoms with Gasteiger partial charge in [-0.15, -0.1) is 0 Å². The molecular formula is C33H38N6O7. The molecule has 1 aliphatic rings. The summed E-state index contributed by atoms with van der Waals surface area (Å²) in [6.07, 6.45) is 1.58. The summed E-state index contributed by atoms with van der Waals surface area (Å²) in [5.74, 6) is -2.05. The largest absolute Gasteiger partial charge is 0.508 e. The van der Waals surface area contributed by atoms with Crippen LogP contribution >= 0.6 is 0 Å². The number of hydrogen-bond donors (Lipinski definition) is 6. The highest BCUT2D eigenvalue weighted by molar-refractivity contribution is 5.95. The van der Waals surface area contributed by atoms with Crippen LogP contribution < -0.4 is 27.0 Å². The molecule has 46 heavy (non-hydrogen) atoms. The monoisotopic (exact) mass is 630 g/mol. The predicted octanol–water partition coefficient (Wildman–Crippen LogP) is 1.41. The summed E-state index contributed by atoms with van der Waals surface area (Å²) >= 11 is 0. The zero-order valence-corrected chi connectivity index (χ0v) is 25.2. The molecule has 1 aliphatic heterocycles. The SMILES string of the molecule is N[C@@H](Cc1ccc(O)cc1)C(=O)N[C@@H]1CCCCNC(=O)[C@H](Cc2ccc([N+](=O)[O-])cc2)NC(=O)[C@H](Cc2ccccc2)NC1=O. The number of nitrogens with zero attached hydrogens (tertiary/aromatic N) is 1. The Balaban J connectivity index is 1.53. The zero-order valence-electron chi connectivity index (χ0n) is 25.2. The number of hydrogen-bond acceptors (Lipinski definition) is 8. The third kappa shape index (κ3) is 9.86. The first-order valence-electron chi connectivity index (χ1n) is 15.1. The number of phenols is 1. The minimum absolute atomic E-state index is 0.0686. The summed E-state index contributed by atoms with van der Waals surface area (Å²) in [4.78, 5) is 64.2. The molecule has 1 heterocycles. The van der Waals surface area contributed by atoms with Gasteiger partial charge in [0.05, 0.1) is 11.0 Å². The molecule has 0 saturated carbocycles. The second-order valence-corrected chi connectivity index (χ2v) is 11.3. The summed E-state index contributed by atoms with van der Waals surface area (Å²) in [5.41, 5.74) is 8.16. The number of carbonyl (C=O) groups is 4. The van der Waals surface area contributed by atoms with Gasteiger partial charge in [0, 0.05) is 31.5 Å². The Labute approximate surface area is 266 Å². The molecule has 3 aromatic rings. The molecule has 242 valence electrons. The maximum Gasteiger partial charge on any atom is 0.269 e. The summed E-state index contributed by atoms with van der Waals surface area (Å²) in [7, 11) is 0. The third-order valence-corrected chi connectivity index (χ3v) is 7.72. The number of nitrogens with one attached hydrogen (secondary N) is 4. The van der Waals surface area contributed by atoms with Crippen molar-refractivity contribution in [2.24, 2.45) is 5.73 Å². The van der Waals surface area contributed by atoms with Gasteiger partial charge < -0.3 is 32.1 Å². The van der Waals surface area contributed by atoms with E-state index in [9.17, 15) is 34.4 Å². The van der Waals surface area contributed by atoms with Crippen molar-refractivity contribution >= 4 is 29.3 Å². The van der Waals surface area contributed by atoms with E-state index in [4.69, 9.17) is 5.73 Å². The van der Waals surface area contributed by atoms with Gasteiger partial charge in [-0.05, 0) is 54.5 Å². The molecule has 7 N–H and O–H groups in total. The fraction of sp³-hybridized carbons (Fsp3) is 0.333. The maximum absolute atomic E-state index is 13.7. The lowest BCUT2D eigenvalue weighted by molar-refractivity contribution is -0.384. The van der Waals surface area contributed by atoms with Gasteiger partial charge in [-0.1, -0.05) is 54.6 Å². The van der Waals surface area contributed by atoms with E-state index < -0.39 is 52.7 Å². The van der Waals surface area contributed by atoms with Crippen molar-refractivity contribution in [1.29, 1.82) is 0 Å². The van der Waals surface area contributed by atoms with Gasteiger partial charge in [0.15, 0.2) is 0 Å². The molecule has 0 aromatic heterocycles. The molecule has 0 spiro atoms. The van der Waals surface area contributed by atoms with Gasteiger partial charge in [-0.25, -0.2) is 0 Å². The van der Waals surface area contributed by atoms with Crippen molar-refractivity contribution in [2.75, 3.05) is 6.54 Å². The number of phenolic OH excluding ortho intramolecular Hbond substituents is 1. The van der Waals surface area contributed by atoms with Crippen LogP contribution in [0.4, 0.5) is 5.69 Å². The van der Waals surface area contributed by atoms with E-state index in [-0.39, 0.29) is 43.7 Å². The minimum Gasteiger partial charge on any atom is -0.508 e. The Morgan fingerprint density at radius 2 is 1.43 bits per heavy atom. The number of amides is 4. The van der Waals surface area contributed by atoms with Crippen LogP contribution in [0.3, 0.4) is 0 Å². The second-order valence-electron chi connectivity index (χ2n) is 11.3. The molecule has 0 bridgehead atoms. The molecule has 13 nitrogen and oxygen atoms in total. The molecule has 0 aliphatic carbocycles. The lowest BCUT2D eigenvalue weighted by atomic mass is 10.0. The Morgan fingerprint density at radius 1 is 0.848 bits per heavy atom. The van der Waals surface area contributed by atoms with Crippen molar-refractivity contribution in [2.45, 2.75) is 62.7 Å². The molecule has 1 saturated heterocycles. The highest BCUT2D eigenvalue weighted by Crippen LogP contribution is 2.15. The van der Waals surface area contributed by atoms with E-state index in [1.165, 1.54) is 36.4 Å². The lowest BCUT2D eigenvalue weighted by Gasteiger charge is -2.25. The molecule has 13 heteroatoms. The number of non-ortho nitro benzene ring substituents is 1. The molecule has 3 aromatic carbocycles. The number of nitrogens with two attached hydrogens (primary N) is 1. The summed E-state index contributed by atoms with van der Waals surface area (Å²) < 4.78 is 0. The number of nitro benzene ring substituents is 1. The van der Waals surface area contributed by atoms with Gasteiger partial charge in [0.25, 0.3) is 5.69 Å². The number of aromatic hydroxyl groups is 1. The van der Waals surface area contributed by atoms with Crippen LogP contribution in [0.1, 0.15) is 36.0 Å². The van der Waals surface area contributed by atoms with Crippen LogP contribution in [0.25, 0.3) is 0 Å².